The van der Waals surface area contributed by atoms with Crippen molar-refractivity contribution in [2.45, 2.75) is 38.9 Å². The van der Waals surface area contributed by atoms with E-state index in [0.717, 1.165) is 29.9 Å². The summed E-state index contributed by atoms with van der Waals surface area (Å²) in [5, 5.41) is 0.589. The van der Waals surface area contributed by atoms with E-state index < -0.39 is 0 Å². The van der Waals surface area contributed by atoms with E-state index in [-0.39, 0.29) is 18.1 Å². The molecule has 0 aliphatic carbocycles. The predicted molar refractivity (Wildman–Crippen MR) is 126 cm³/mol. The van der Waals surface area contributed by atoms with Crippen molar-refractivity contribution in [2.24, 2.45) is 0 Å². The van der Waals surface area contributed by atoms with Gasteiger partial charge in [-0.2, -0.15) is 0 Å². The van der Waals surface area contributed by atoms with Crippen molar-refractivity contribution in [3.8, 4) is 17.2 Å². The van der Waals surface area contributed by atoms with Gasteiger partial charge in [-0.05, 0) is 63.1 Å². The van der Waals surface area contributed by atoms with Crippen molar-refractivity contribution < 1.29 is 23.7 Å². The van der Waals surface area contributed by atoms with E-state index in [0.29, 0.717) is 34.3 Å². The van der Waals surface area contributed by atoms with Crippen LogP contribution < -0.4 is 19.1 Å². The summed E-state index contributed by atoms with van der Waals surface area (Å²) in [5.41, 5.74) is 1.25. The molecule has 7 nitrogen and oxygen atoms in total. The largest absolute Gasteiger partial charge is 0.495 e. The summed E-state index contributed by atoms with van der Waals surface area (Å²) in [6, 6.07) is 10.9. The number of nitrogens with zero attached hydrogens (tertiary/aromatic N) is 2. The fourth-order valence-corrected chi connectivity index (χ4v) is 4.82. The molecule has 1 aliphatic rings. The average molecular weight is 457 g/mol. The number of hydrogen-bond donors (Lipinski definition) is 0. The molecule has 1 aliphatic heterocycles. The van der Waals surface area contributed by atoms with Crippen LogP contribution in [0.15, 0.2) is 36.4 Å². The summed E-state index contributed by atoms with van der Waals surface area (Å²) < 4.78 is 23.4. The van der Waals surface area contributed by atoms with E-state index in [1.54, 1.807) is 31.3 Å². The highest BCUT2D eigenvalue weighted by Crippen LogP contribution is 2.40. The van der Waals surface area contributed by atoms with Gasteiger partial charge in [0.15, 0.2) is 5.13 Å². The van der Waals surface area contributed by atoms with Crippen molar-refractivity contribution in [2.75, 3.05) is 32.3 Å². The third-order valence-electron chi connectivity index (χ3n) is 5.26. The van der Waals surface area contributed by atoms with E-state index in [2.05, 4.69) is 0 Å². The average Bonchev–Trinajstić information content (AvgIpc) is 3.46. The van der Waals surface area contributed by atoms with Crippen LogP contribution in [0.2, 0.25) is 0 Å². The van der Waals surface area contributed by atoms with Gasteiger partial charge in [0.1, 0.15) is 27.5 Å². The molecule has 2 aromatic carbocycles. The first-order chi connectivity index (χ1) is 15.5. The number of thiazole rings is 1. The van der Waals surface area contributed by atoms with Crippen molar-refractivity contribution in [3.05, 3.63) is 42.0 Å². The maximum atomic E-state index is 13.6. The van der Waals surface area contributed by atoms with Gasteiger partial charge in [-0.1, -0.05) is 11.3 Å². The normalized spacial score (nSPS) is 15.8. The summed E-state index contributed by atoms with van der Waals surface area (Å²) in [6.07, 6.45) is 1.97. The van der Waals surface area contributed by atoms with Crippen LogP contribution >= 0.6 is 11.3 Å². The highest BCUT2D eigenvalue weighted by Gasteiger charge is 2.28. The number of methoxy groups -OCH3 is 2. The molecule has 0 spiro atoms. The van der Waals surface area contributed by atoms with Crippen LogP contribution in [0.4, 0.5) is 5.13 Å². The van der Waals surface area contributed by atoms with Gasteiger partial charge in [-0.3, -0.25) is 9.69 Å². The second-order valence-corrected chi connectivity index (χ2v) is 8.86. The molecule has 1 saturated heterocycles. The molecule has 1 amide bonds. The first-order valence-corrected chi connectivity index (χ1v) is 11.5. The van der Waals surface area contributed by atoms with Gasteiger partial charge >= 0.3 is 0 Å². The Hall–Kier alpha value is -2.84. The van der Waals surface area contributed by atoms with Crippen LogP contribution in [-0.2, 0) is 4.74 Å². The molecule has 0 radical (unpaired) electrons. The quantitative estimate of drug-likeness (QED) is 0.479. The van der Waals surface area contributed by atoms with Gasteiger partial charge in [0.2, 0.25) is 0 Å². The van der Waals surface area contributed by atoms with Gasteiger partial charge in [-0.25, -0.2) is 4.98 Å². The molecule has 1 unspecified atom stereocenters. The number of carbonyl (C=O) groups is 1. The number of ether oxygens (including phenoxy) is 4. The molecule has 32 heavy (non-hydrogen) atoms. The molecule has 170 valence electrons. The Kier molecular flexibility index (Phi) is 6.81. The molecule has 4 rings (SSSR count). The van der Waals surface area contributed by atoms with Crippen LogP contribution in [0.3, 0.4) is 0 Å². The lowest BCUT2D eigenvalue weighted by atomic mass is 10.1. The Morgan fingerprint density at radius 1 is 1.16 bits per heavy atom. The number of fused-ring (bicyclic) bond motifs is 1. The molecule has 1 fully saturated rings. The second-order valence-electron chi connectivity index (χ2n) is 7.89. The monoisotopic (exact) mass is 456 g/mol. The number of benzene rings is 2. The maximum Gasteiger partial charge on any atom is 0.260 e. The van der Waals surface area contributed by atoms with Crippen LogP contribution in [0.1, 0.15) is 37.0 Å². The topological polar surface area (TPSA) is 70.1 Å². The van der Waals surface area contributed by atoms with Crippen molar-refractivity contribution in [3.63, 3.8) is 0 Å². The minimum absolute atomic E-state index is 0.0155. The first-order valence-electron chi connectivity index (χ1n) is 10.7. The van der Waals surface area contributed by atoms with Crippen molar-refractivity contribution in [1.82, 2.24) is 4.98 Å². The number of rotatable bonds is 8. The predicted octanol–water partition coefficient (Wildman–Crippen LogP) is 4.93. The van der Waals surface area contributed by atoms with Gasteiger partial charge in [0.25, 0.3) is 5.91 Å². The molecule has 0 N–H and O–H groups in total. The molecule has 3 aromatic rings. The molecular formula is C24H28N2O5S. The van der Waals surface area contributed by atoms with Crippen LogP contribution in [-0.4, -0.2) is 50.5 Å². The summed E-state index contributed by atoms with van der Waals surface area (Å²) in [5.74, 6) is 1.94. The molecule has 0 bridgehead atoms. The highest BCUT2D eigenvalue weighted by molar-refractivity contribution is 7.22. The van der Waals surface area contributed by atoms with Gasteiger partial charge in [-0.15, -0.1) is 0 Å². The maximum absolute atomic E-state index is 13.6. The van der Waals surface area contributed by atoms with E-state index in [1.165, 1.54) is 11.3 Å². The van der Waals surface area contributed by atoms with Gasteiger partial charge in [0, 0.05) is 12.2 Å². The van der Waals surface area contributed by atoms with Gasteiger partial charge in [0.05, 0.1) is 33.0 Å². The Bertz CT molecular complexity index is 1030. The van der Waals surface area contributed by atoms with E-state index in [4.69, 9.17) is 23.9 Å². The Balaban J connectivity index is 1.71. The van der Waals surface area contributed by atoms with Crippen molar-refractivity contribution in [1.29, 1.82) is 0 Å². The number of hydrogen-bond acceptors (Lipinski definition) is 7. The minimum atomic E-state index is -0.131. The lowest BCUT2D eigenvalue weighted by Crippen LogP contribution is -2.37. The lowest BCUT2D eigenvalue weighted by molar-refractivity contribution is 0.0917. The Morgan fingerprint density at radius 2 is 1.88 bits per heavy atom. The molecular weight excluding hydrogens is 428 g/mol. The first kappa shape index (κ1) is 22.4. The minimum Gasteiger partial charge on any atom is -0.495 e. The summed E-state index contributed by atoms with van der Waals surface area (Å²) in [7, 11) is 3.23. The number of aromatic nitrogens is 1. The van der Waals surface area contributed by atoms with E-state index in [9.17, 15) is 4.79 Å². The molecule has 1 atom stereocenters. The van der Waals surface area contributed by atoms with Crippen LogP contribution in [0.5, 0.6) is 17.2 Å². The van der Waals surface area contributed by atoms with Crippen LogP contribution in [0.25, 0.3) is 10.2 Å². The molecule has 8 heteroatoms. The number of carbonyl (C=O) groups excluding carboxylic acids is 1. The lowest BCUT2D eigenvalue weighted by Gasteiger charge is -2.23. The summed E-state index contributed by atoms with van der Waals surface area (Å²) >= 11 is 1.41. The summed E-state index contributed by atoms with van der Waals surface area (Å²) in [6.45, 7) is 5.10. The smallest absolute Gasteiger partial charge is 0.260 e. The second kappa shape index (κ2) is 9.75. The standard InChI is InChI=1S/C24H28N2O5S/c1-15(2)31-17-9-7-16(8-10-17)23(27)26(14-18-6-5-13-30-18)24-25-21-19(28-3)11-12-20(29-4)22(21)32-24/h7-12,15,18H,5-6,13-14H2,1-4H3. The van der Waals surface area contributed by atoms with E-state index in [1.807, 2.05) is 38.1 Å². The number of amides is 1. The fourth-order valence-electron chi connectivity index (χ4n) is 3.73. The Labute approximate surface area is 191 Å². The molecule has 0 saturated carbocycles. The fraction of sp³-hybridized carbons (Fsp3) is 0.417. The molecule has 1 aromatic heterocycles. The Morgan fingerprint density at radius 3 is 2.50 bits per heavy atom. The van der Waals surface area contributed by atoms with Crippen LogP contribution in [0, 0.1) is 0 Å². The highest BCUT2D eigenvalue weighted by atomic mass is 32.1. The zero-order valence-corrected chi connectivity index (χ0v) is 19.6. The SMILES string of the molecule is COc1ccc(OC)c2sc(N(CC3CCCO3)C(=O)c3ccc(OC(C)C)cc3)nc12. The number of anilines is 1. The van der Waals surface area contributed by atoms with Gasteiger partial charge < -0.3 is 18.9 Å². The van der Waals surface area contributed by atoms with E-state index >= 15 is 0 Å². The zero-order chi connectivity index (χ0) is 22.7. The third kappa shape index (κ3) is 4.66. The zero-order valence-electron chi connectivity index (χ0n) is 18.8. The summed E-state index contributed by atoms with van der Waals surface area (Å²) in [4.78, 5) is 20.1. The van der Waals surface area contributed by atoms with Crippen molar-refractivity contribution >= 4 is 32.6 Å². The third-order valence-corrected chi connectivity index (χ3v) is 6.35. The molecule has 2 heterocycles.